The number of carbonyl (C=O) groups excluding carboxylic acids is 1. The lowest BCUT2D eigenvalue weighted by molar-refractivity contribution is -0.116. The summed E-state index contributed by atoms with van der Waals surface area (Å²) < 4.78 is 0. The molecule has 0 spiro atoms. The number of benzene rings is 1. The first-order chi connectivity index (χ1) is 13.5. The van der Waals surface area contributed by atoms with Crippen LogP contribution in [0.4, 0.5) is 11.5 Å². The molecule has 2 aliphatic heterocycles. The molecule has 6 heteroatoms. The van der Waals surface area contributed by atoms with Crippen molar-refractivity contribution in [2.75, 3.05) is 29.9 Å². The van der Waals surface area contributed by atoms with E-state index in [1.54, 1.807) is 19.3 Å². The molecule has 6 nitrogen and oxygen atoms in total. The van der Waals surface area contributed by atoms with Gasteiger partial charge in [-0.1, -0.05) is 19.1 Å². The molecule has 1 amide bonds. The molecule has 0 radical (unpaired) electrons. The topological polar surface area (TPSA) is 70.2 Å². The summed E-state index contributed by atoms with van der Waals surface area (Å²) in [5.41, 5.74) is 4.48. The standard InChI is InChI=1S/C22H29N5O/c1-14-13-27(16(3)28)20-5-4-18(17-6-8-23-9-7-17)10-19(20)22(14)26-21-12-24-15(2)11-25-21/h4-5,10-12,14,17,22-23H,6-9,13H2,1-3H3,(H,25,26). The van der Waals surface area contributed by atoms with E-state index in [4.69, 9.17) is 0 Å². The van der Waals surface area contributed by atoms with Gasteiger partial charge >= 0.3 is 0 Å². The molecule has 1 fully saturated rings. The minimum Gasteiger partial charge on any atom is -0.362 e. The van der Waals surface area contributed by atoms with Gasteiger partial charge in [0.1, 0.15) is 5.82 Å². The maximum absolute atomic E-state index is 12.3. The van der Waals surface area contributed by atoms with Gasteiger partial charge in [0.25, 0.3) is 0 Å². The van der Waals surface area contributed by atoms with Crippen LogP contribution in [0.25, 0.3) is 0 Å². The van der Waals surface area contributed by atoms with E-state index >= 15 is 0 Å². The first-order valence-corrected chi connectivity index (χ1v) is 10.2. The fourth-order valence-electron chi connectivity index (χ4n) is 4.42. The maximum Gasteiger partial charge on any atom is 0.223 e. The third kappa shape index (κ3) is 3.74. The van der Waals surface area contributed by atoms with Gasteiger partial charge in [-0.25, -0.2) is 4.98 Å². The van der Waals surface area contributed by atoms with Crippen LogP contribution in [-0.4, -0.2) is 35.5 Å². The average molecular weight is 380 g/mol. The lowest BCUT2D eigenvalue weighted by Gasteiger charge is -2.39. The summed E-state index contributed by atoms with van der Waals surface area (Å²) in [6.45, 7) is 8.61. The molecule has 2 aromatic rings. The third-order valence-corrected chi connectivity index (χ3v) is 5.99. The second-order valence-electron chi connectivity index (χ2n) is 8.11. The Bertz CT molecular complexity index is 845. The van der Waals surface area contributed by atoms with E-state index in [-0.39, 0.29) is 17.9 Å². The Morgan fingerprint density at radius 1 is 1.21 bits per heavy atom. The molecule has 2 N–H and O–H groups in total. The Balaban J connectivity index is 1.71. The number of piperidine rings is 1. The molecule has 28 heavy (non-hydrogen) atoms. The molecule has 2 atom stereocenters. The number of rotatable bonds is 3. The van der Waals surface area contributed by atoms with Crippen molar-refractivity contribution in [3.63, 3.8) is 0 Å². The van der Waals surface area contributed by atoms with Gasteiger partial charge in [-0.2, -0.15) is 0 Å². The first-order valence-electron chi connectivity index (χ1n) is 10.2. The summed E-state index contributed by atoms with van der Waals surface area (Å²) in [4.78, 5) is 23.0. The van der Waals surface area contributed by atoms with Crippen molar-refractivity contribution in [2.45, 2.75) is 45.6 Å². The van der Waals surface area contributed by atoms with E-state index in [0.29, 0.717) is 12.5 Å². The van der Waals surface area contributed by atoms with Crippen molar-refractivity contribution < 1.29 is 4.79 Å². The molecule has 1 saturated heterocycles. The predicted octanol–water partition coefficient (Wildman–Crippen LogP) is 3.41. The molecule has 4 rings (SSSR count). The Labute approximate surface area is 166 Å². The zero-order valence-corrected chi connectivity index (χ0v) is 16.9. The Hall–Kier alpha value is -2.47. The minimum absolute atomic E-state index is 0.0938. The Kier molecular flexibility index (Phi) is 5.31. The van der Waals surface area contributed by atoms with Crippen molar-refractivity contribution >= 4 is 17.4 Å². The number of anilines is 2. The van der Waals surface area contributed by atoms with Crippen LogP contribution >= 0.6 is 0 Å². The fraction of sp³-hybridized carbons (Fsp3) is 0.500. The SMILES string of the molecule is CC(=O)N1CC(C)C(Nc2cnc(C)cn2)c2cc(C3CCNCC3)ccc21. The summed E-state index contributed by atoms with van der Waals surface area (Å²) >= 11 is 0. The summed E-state index contributed by atoms with van der Waals surface area (Å²) in [6.07, 6.45) is 5.89. The Morgan fingerprint density at radius 3 is 2.68 bits per heavy atom. The quantitative estimate of drug-likeness (QED) is 0.855. The van der Waals surface area contributed by atoms with Crippen LogP contribution < -0.4 is 15.5 Å². The van der Waals surface area contributed by atoms with E-state index in [9.17, 15) is 4.79 Å². The molecule has 2 unspecified atom stereocenters. The van der Waals surface area contributed by atoms with E-state index in [0.717, 1.165) is 43.1 Å². The molecule has 0 saturated carbocycles. The normalized spacial score (nSPS) is 22.6. The Morgan fingerprint density at radius 2 is 2.00 bits per heavy atom. The van der Waals surface area contributed by atoms with Crippen LogP contribution in [0.15, 0.2) is 30.6 Å². The van der Waals surface area contributed by atoms with Gasteiger partial charge in [0, 0.05) is 19.2 Å². The van der Waals surface area contributed by atoms with Gasteiger partial charge in [-0.3, -0.25) is 9.78 Å². The summed E-state index contributed by atoms with van der Waals surface area (Å²) in [5.74, 6) is 1.71. The molecule has 1 aromatic carbocycles. The molecule has 3 heterocycles. The molecular formula is C22H29N5O. The summed E-state index contributed by atoms with van der Waals surface area (Å²) in [7, 11) is 0. The second-order valence-corrected chi connectivity index (χ2v) is 8.11. The lowest BCUT2D eigenvalue weighted by atomic mass is 9.83. The zero-order chi connectivity index (χ0) is 19.7. The molecule has 0 aliphatic carbocycles. The second kappa shape index (κ2) is 7.87. The highest BCUT2D eigenvalue weighted by Gasteiger charge is 2.33. The van der Waals surface area contributed by atoms with Gasteiger partial charge in [0.2, 0.25) is 5.91 Å². The number of fused-ring (bicyclic) bond motifs is 1. The van der Waals surface area contributed by atoms with Crippen molar-refractivity contribution in [3.8, 4) is 0 Å². The number of aryl methyl sites for hydroxylation is 1. The average Bonchev–Trinajstić information content (AvgIpc) is 2.71. The number of amides is 1. The number of hydrogen-bond donors (Lipinski definition) is 2. The number of nitrogens with one attached hydrogen (secondary N) is 2. The van der Waals surface area contributed by atoms with Crippen LogP contribution in [0.5, 0.6) is 0 Å². The highest BCUT2D eigenvalue weighted by atomic mass is 16.2. The van der Waals surface area contributed by atoms with Crippen molar-refractivity contribution in [3.05, 3.63) is 47.4 Å². The van der Waals surface area contributed by atoms with E-state index in [1.165, 1.54) is 11.1 Å². The molecule has 148 valence electrons. The first kappa shape index (κ1) is 18.9. The number of hydrogen-bond acceptors (Lipinski definition) is 5. The number of aromatic nitrogens is 2. The van der Waals surface area contributed by atoms with Crippen molar-refractivity contribution in [1.82, 2.24) is 15.3 Å². The highest BCUT2D eigenvalue weighted by molar-refractivity contribution is 5.93. The van der Waals surface area contributed by atoms with Gasteiger partial charge < -0.3 is 15.5 Å². The minimum atomic E-state index is 0.0938. The number of nitrogens with zero attached hydrogens (tertiary/aromatic N) is 3. The van der Waals surface area contributed by atoms with Gasteiger partial charge in [0.15, 0.2) is 0 Å². The van der Waals surface area contributed by atoms with Gasteiger partial charge in [0.05, 0.1) is 24.1 Å². The zero-order valence-electron chi connectivity index (χ0n) is 16.9. The van der Waals surface area contributed by atoms with Crippen LogP contribution in [0.3, 0.4) is 0 Å². The molecular weight excluding hydrogens is 350 g/mol. The smallest absolute Gasteiger partial charge is 0.223 e. The van der Waals surface area contributed by atoms with Crippen LogP contribution in [0.1, 0.15) is 55.5 Å². The highest BCUT2D eigenvalue weighted by Crippen LogP contribution is 2.41. The van der Waals surface area contributed by atoms with Crippen LogP contribution in [0, 0.1) is 12.8 Å². The van der Waals surface area contributed by atoms with Crippen LogP contribution in [0.2, 0.25) is 0 Å². The molecule has 2 aliphatic rings. The van der Waals surface area contributed by atoms with Crippen molar-refractivity contribution in [2.24, 2.45) is 5.92 Å². The van der Waals surface area contributed by atoms with Crippen LogP contribution in [-0.2, 0) is 4.79 Å². The fourth-order valence-corrected chi connectivity index (χ4v) is 4.42. The summed E-state index contributed by atoms with van der Waals surface area (Å²) in [6, 6.07) is 6.76. The number of carbonyl (C=O) groups is 1. The maximum atomic E-state index is 12.3. The van der Waals surface area contributed by atoms with E-state index in [1.807, 2.05) is 11.8 Å². The van der Waals surface area contributed by atoms with Gasteiger partial charge in [-0.15, -0.1) is 0 Å². The van der Waals surface area contributed by atoms with E-state index < -0.39 is 0 Å². The molecule has 1 aromatic heterocycles. The van der Waals surface area contributed by atoms with Gasteiger partial charge in [-0.05, 0) is 61.9 Å². The van der Waals surface area contributed by atoms with E-state index in [2.05, 4.69) is 45.7 Å². The largest absolute Gasteiger partial charge is 0.362 e. The summed E-state index contributed by atoms with van der Waals surface area (Å²) in [5, 5.41) is 7.02. The third-order valence-electron chi connectivity index (χ3n) is 5.99. The monoisotopic (exact) mass is 379 g/mol. The lowest BCUT2D eigenvalue weighted by Crippen LogP contribution is -2.41. The predicted molar refractivity (Wildman–Crippen MR) is 112 cm³/mol. The van der Waals surface area contributed by atoms with Crippen molar-refractivity contribution in [1.29, 1.82) is 0 Å². The molecule has 0 bridgehead atoms.